The first-order valence-corrected chi connectivity index (χ1v) is 4.33. The molecule has 5 nitrogen and oxygen atoms in total. The molecule has 0 aromatic carbocycles. The van der Waals surface area contributed by atoms with Crippen LogP contribution in [0.15, 0.2) is 0 Å². The van der Waals surface area contributed by atoms with Crippen LogP contribution in [-0.4, -0.2) is 38.5 Å². The van der Waals surface area contributed by atoms with Gasteiger partial charge in [0.25, 0.3) is 0 Å². The number of alkyl halides is 3. The summed E-state index contributed by atoms with van der Waals surface area (Å²) in [5.41, 5.74) is -5.65. The van der Waals surface area contributed by atoms with Gasteiger partial charge >= 0.3 is 35.1 Å². The van der Waals surface area contributed by atoms with Crippen LogP contribution < -0.4 is 29.6 Å². The third-order valence-corrected chi connectivity index (χ3v) is 1.39. The fourth-order valence-electron chi connectivity index (χ4n) is 0.295. The van der Waals surface area contributed by atoms with Gasteiger partial charge in [-0.3, -0.25) is 0 Å². The van der Waals surface area contributed by atoms with E-state index in [2.05, 4.69) is 0 Å². The monoisotopic (exact) mass is 246 g/mol. The summed E-state index contributed by atoms with van der Waals surface area (Å²) in [6.45, 7) is 2.06. The van der Waals surface area contributed by atoms with Gasteiger partial charge in [0.05, 0.1) is 13.2 Å². The molecule has 0 saturated carbocycles. The van der Waals surface area contributed by atoms with Crippen molar-refractivity contribution in [3.05, 3.63) is 0 Å². The Kier molecular flexibility index (Phi) is 8.50. The average molecular weight is 246 g/mol. The standard InChI is InChI=1S/C3H6O2.CHF3O3S.Na/c1-2-5-3-4-1;2-1(3,4)8(5,6)7;/h1-3H2;(H,5,6,7);/q;;+1/p-1. The van der Waals surface area contributed by atoms with E-state index < -0.39 is 15.6 Å². The van der Waals surface area contributed by atoms with Gasteiger partial charge < -0.3 is 14.0 Å². The summed E-state index contributed by atoms with van der Waals surface area (Å²) >= 11 is 0. The van der Waals surface area contributed by atoms with Crippen molar-refractivity contribution in [2.45, 2.75) is 5.51 Å². The Morgan fingerprint density at radius 3 is 1.50 bits per heavy atom. The molecule has 0 bridgehead atoms. The van der Waals surface area contributed by atoms with Gasteiger partial charge in [0, 0.05) is 0 Å². The molecular formula is C4H6F3NaO5S. The molecule has 0 atom stereocenters. The number of rotatable bonds is 0. The SMILES string of the molecule is C1COCO1.O=S(=O)([O-])C(F)(F)F.[Na+]. The van der Waals surface area contributed by atoms with Crippen molar-refractivity contribution < 1.29 is 65.2 Å². The molecule has 0 amide bonds. The Bertz CT molecular complexity index is 226. The van der Waals surface area contributed by atoms with Crippen LogP contribution in [0.1, 0.15) is 0 Å². The van der Waals surface area contributed by atoms with Crippen LogP contribution in [0.2, 0.25) is 0 Å². The van der Waals surface area contributed by atoms with Gasteiger partial charge in [-0.1, -0.05) is 0 Å². The van der Waals surface area contributed by atoms with Crippen LogP contribution >= 0.6 is 0 Å². The summed E-state index contributed by atoms with van der Waals surface area (Å²) in [6, 6.07) is 0. The maximum Gasteiger partial charge on any atom is 1.00 e. The van der Waals surface area contributed by atoms with Gasteiger partial charge in [-0.25, -0.2) is 8.42 Å². The molecule has 0 N–H and O–H groups in total. The summed E-state index contributed by atoms with van der Waals surface area (Å²) in [4.78, 5) is 0. The van der Waals surface area contributed by atoms with Gasteiger partial charge in [-0.2, -0.15) is 13.2 Å². The summed E-state index contributed by atoms with van der Waals surface area (Å²) in [5.74, 6) is 0. The van der Waals surface area contributed by atoms with Crippen molar-refractivity contribution in [3.8, 4) is 0 Å². The fraction of sp³-hybridized carbons (Fsp3) is 1.00. The molecule has 80 valence electrons. The van der Waals surface area contributed by atoms with E-state index in [-0.39, 0.29) is 29.6 Å². The minimum absolute atomic E-state index is 0. The maximum absolute atomic E-state index is 10.7. The number of hydrogen-bond acceptors (Lipinski definition) is 5. The van der Waals surface area contributed by atoms with E-state index in [0.29, 0.717) is 6.79 Å². The molecule has 1 heterocycles. The molecule has 10 heteroatoms. The molecule has 0 aliphatic carbocycles. The van der Waals surface area contributed by atoms with Crippen LogP contribution in [0, 0.1) is 0 Å². The van der Waals surface area contributed by atoms with Crippen LogP contribution in [0.5, 0.6) is 0 Å². The number of hydrogen-bond donors (Lipinski definition) is 0. The van der Waals surface area contributed by atoms with Crippen molar-refractivity contribution in [1.29, 1.82) is 0 Å². The zero-order chi connectivity index (χ0) is 10.5. The normalized spacial score (nSPS) is 16.6. The second-order valence-corrected chi connectivity index (χ2v) is 3.21. The second-order valence-electron chi connectivity index (χ2n) is 1.83. The van der Waals surface area contributed by atoms with Gasteiger partial charge in [0.1, 0.15) is 6.79 Å². The van der Waals surface area contributed by atoms with E-state index in [1.54, 1.807) is 0 Å². The predicted octanol–water partition coefficient (Wildman–Crippen LogP) is -2.95. The minimum Gasteiger partial charge on any atom is -0.741 e. The van der Waals surface area contributed by atoms with E-state index in [4.69, 9.17) is 22.4 Å². The van der Waals surface area contributed by atoms with Crippen LogP contribution in [-0.2, 0) is 19.6 Å². The first-order chi connectivity index (χ1) is 5.75. The molecule has 1 aliphatic heterocycles. The van der Waals surface area contributed by atoms with E-state index in [0.717, 1.165) is 13.2 Å². The molecule has 0 unspecified atom stereocenters. The van der Waals surface area contributed by atoms with E-state index >= 15 is 0 Å². The number of halogens is 3. The summed E-state index contributed by atoms with van der Waals surface area (Å²) in [5, 5.41) is 0. The predicted molar refractivity (Wildman–Crippen MR) is 32.5 cm³/mol. The van der Waals surface area contributed by atoms with Crippen molar-refractivity contribution in [2.24, 2.45) is 0 Å². The Balaban J connectivity index is 0. The molecule has 0 radical (unpaired) electrons. The van der Waals surface area contributed by atoms with Crippen LogP contribution in [0.3, 0.4) is 0 Å². The molecular weight excluding hydrogens is 240 g/mol. The summed E-state index contributed by atoms with van der Waals surface area (Å²) in [6.07, 6.45) is 0. The van der Waals surface area contributed by atoms with Crippen molar-refractivity contribution in [3.63, 3.8) is 0 Å². The topological polar surface area (TPSA) is 75.7 Å². The molecule has 0 spiro atoms. The quantitative estimate of drug-likeness (QED) is 0.259. The van der Waals surface area contributed by atoms with Crippen LogP contribution in [0.4, 0.5) is 13.2 Å². The van der Waals surface area contributed by atoms with Gasteiger partial charge in [-0.05, 0) is 0 Å². The van der Waals surface area contributed by atoms with E-state index in [9.17, 15) is 13.2 Å². The zero-order valence-corrected chi connectivity index (χ0v) is 10.0. The van der Waals surface area contributed by atoms with E-state index in [1.807, 2.05) is 0 Å². The summed E-state index contributed by atoms with van der Waals surface area (Å²) in [7, 11) is -6.09. The summed E-state index contributed by atoms with van der Waals surface area (Å²) < 4.78 is 68.3. The molecule has 1 fully saturated rings. The Labute approximate surface area is 101 Å². The Morgan fingerprint density at radius 2 is 1.43 bits per heavy atom. The molecule has 1 aliphatic rings. The molecule has 1 rings (SSSR count). The van der Waals surface area contributed by atoms with Crippen molar-refractivity contribution in [2.75, 3.05) is 20.0 Å². The first-order valence-electron chi connectivity index (χ1n) is 2.93. The largest absolute Gasteiger partial charge is 1.00 e. The van der Waals surface area contributed by atoms with Gasteiger partial charge in [0.2, 0.25) is 0 Å². The third kappa shape index (κ3) is 7.97. The minimum atomic E-state index is -6.09. The van der Waals surface area contributed by atoms with E-state index in [1.165, 1.54) is 0 Å². The Morgan fingerprint density at radius 1 is 1.14 bits per heavy atom. The Hall–Kier alpha value is 0.620. The molecule has 14 heavy (non-hydrogen) atoms. The third-order valence-electron chi connectivity index (χ3n) is 0.822. The van der Waals surface area contributed by atoms with Crippen molar-refractivity contribution in [1.82, 2.24) is 0 Å². The smallest absolute Gasteiger partial charge is 0.741 e. The molecule has 0 aromatic rings. The average Bonchev–Trinajstić information content (AvgIpc) is 2.35. The first kappa shape index (κ1) is 17.0. The fourth-order valence-corrected chi connectivity index (χ4v) is 0.295. The zero-order valence-electron chi connectivity index (χ0n) is 7.20. The molecule has 0 aromatic heterocycles. The van der Waals surface area contributed by atoms with Crippen LogP contribution in [0.25, 0.3) is 0 Å². The maximum atomic E-state index is 10.7. The number of ether oxygens (including phenoxy) is 2. The van der Waals surface area contributed by atoms with Gasteiger partial charge in [-0.15, -0.1) is 0 Å². The van der Waals surface area contributed by atoms with Crippen molar-refractivity contribution >= 4 is 10.1 Å². The second kappa shape index (κ2) is 6.99. The van der Waals surface area contributed by atoms with Gasteiger partial charge in [0.15, 0.2) is 10.1 Å². The molecule has 1 saturated heterocycles.